The molecule has 0 aliphatic rings. The Bertz CT molecular complexity index is 840. The van der Waals surface area contributed by atoms with Crippen molar-refractivity contribution in [2.45, 2.75) is 6.42 Å². The number of benzene rings is 1. The third kappa shape index (κ3) is 3.78. The summed E-state index contributed by atoms with van der Waals surface area (Å²) in [6.45, 7) is 0. The molecule has 24 heavy (non-hydrogen) atoms. The zero-order chi connectivity index (χ0) is 16.9. The summed E-state index contributed by atoms with van der Waals surface area (Å²) in [5, 5.41) is 6.93. The monoisotopic (exact) mass is 322 g/mol. The number of hydrogen-bond donors (Lipinski definition) is 1. The molecule has 2 aromatic heterocycles. The molecule has 6 heteroatoms. The van der Waals surface area contributed by atoms with E-state index in [0.717, 1.165) is 22.4 Å². The van der Waals surface area contributed by atoms with Crippen LogP contribution in [0.5, 0.6) is 5.75 Å². The van der Waals surface area contributed by atoms with Gasteiger partial charge in [0.15, 0.2) is 0 Å². The molecule has 0 spiro atoms. The lowest BCUT2D eigenvalue weighted by atomic mass is 10.1. The molecule has 122 valence electrons. The minimum absolute atomic E-state index is 0.120. The zero-order valence-electron chi connectivity index (χ0n) is 13.6. The SMILES string of the molecule is COc1cccc(CC(=O)Nc2ccc(-c3cnn(C)c3)cn2)c1. The van der Waals surface area contributed by atoms with Gasteiger partial charge in [0.05, 0.1) is 19.7 Å². The Hall–Kier alpha value is -3.15. The van der Waals surface area contributed by atoms with Crippen LogP contribution in [0.2, 0.25) is 0 Å². The van der Waals surface area contributed by atoms with E-state index in [4.69, 9.17) is 4.74 Å². The van der Waals surface area contributed by atoms with Crippen molar-refractivity contribution in [1.82, 2.24) is 14.8 Å². The molecule has 0 aliphatic heterocycles. The fourth-order valence-electron chi connectivity index (χ4n) is 2.36. The standard InChI is InChI=1S/C18H18N4O2/c1-22-12-15(11-20-22)14-6-7-17(19-10-14)21-18(23)9-13-4-3-5-16(8-13)24-2/h3-8,10-12H,9H2,1-2H3,(H,19,21,23). The van der Waals surface area contributed by atoms with Gasteiger partial charge < -0.3 is 10.1 Å². The van der Waals surface area contributed by atoms with Crippen LogP contribution in [0.15, 0.2) is 55.0 Å². The van der Waals surface area contributed by atoms with Gasteiger partial charge in [0.2, 0.25) is 5.91 Å². The van der Waals surface area contributed by atoms with Gasteiger partial charge in [-0.15, -0.1) is 0 Å². The molecule has 6 nitrogen and oxygen atoms in total. The van der Waals surface area contributed by atoms with Crippen molar-refractivity contribution in [3.63, 3.8) is 0 Å². The minimum atomic E-state index is -0.120. The maximum atomic E-state index is 12.1. The third-order valence-corrected chi connectivity index (χ3v) is 3.57. The topological polar surface area (TPSA) is 69.0 Å². The molecule has 3 aromatic rings. The van der Waals surface area contributed by atoms with E-state index in [1.54, 1.807) is 30.3 Å². The highest BCUT2D eigenvalue weighted by Gasteiger charge is 2.07. The molecule has 2 heterocycles. The van der Waals surface area contributed by atoms with Gasteiger partial charge in [-0.1, -0.05) is 12.1 Å². The van der Waals surface area contributed by atoms with E-state index >= 15 is 0 Å². The largest absolute Gasteiger partial charge is 0.497 e. The Balaban J connectivity index is 1.64. The Labute approximate surface area is 140 Å². The van der Waals surface area contributed by atoms with Crippen LogP contribution in [0, 0.1) is 0 Å². The first-order valence-electron chi connectivity index (χ1n) is 7.52. The summed E-state index contributed by atoms with van der Waals surface area (Å²) in [4.78, 5) is 16.4. The van der Waals surface area contributed by atoms with Crippen molar-refractivity contribution in [2.24, 2.45) is 7.05 Å². The van der Waals surface area contributed by atoms with Gasteiger partial charge in [-0.2, -0.15) is 5.10 Å². The highest BCUT2D eigenvalue weighted by Crippen LogP contribution is 2.19. The summed E-state index contributed by atoms with van der Waals surface area (Å²) in [6.07, 6.45) is 5.68. The quantitative estimate of drug-likeness (QED) is 0.784. The predicted octanol–water partition coefficient (Wildman–Crippen LogP) is 2.67. The Morgan fingerprint density at radius 3 is 2.75 bits per heavy atom. The molecule has 1 amide bonds. The minimum Gasteiger partial charge on any atom is -0.497 e. The average Bonchev–Trinajstić information content (AvgIpc) is 3.02. The molecule has 1 aromatic carbocycles. The summed E-state index contributed by atoms with van der Waals surface area (Å²) in [5.41, 5.74) is 2.83. The van der Waals surface area contributed by atoms with Gasteiger partial charge in [-0.05, 0) is 29.8 Å². The van der Waals surface area contributed by atoms with Crippen molar-refractivity contribution < 1.29 is 9.53 Å². The van der Waals surface area contributed by atoms with Crippen LogP contribution in [-0.4, -0.2) is 27.8 Å². The van der Waals surface area contributed by atoms with Gasteiger partial charge in [0.25, 0.3) is 0 Å². The fourth-order valence-corrected chi connectivity index (χ4v) is 2.36. The van der Waals surface area contributed by atoms with Gasteiger partial charge in [-0.3, -0.25) is 9.48 Å². The number of rotatable bonds is 5. The average molecular weight is 322 g/mol. The lowest BCUT2D eigenvalue weighted by Crippen LogP contribution is -2.15. The lowest BCUT2D eigenvalue weighted by molar-refractivity contribution is -0.115. The van der Waals surface area contributed by atoms with E-state index in [-0.39, 0.29) is 12.3 Å². The molecule has 0 radical (unpaired) electrons. The van der Waals surface area contributed by atoms with E-state index < -0.39 is 0 Å². The number of ether oxygens (including phenoxy) is 1. The van der Waals surface area contributed by atoms with Crippen LogP contribution < -0.4 is 10.1 Å². The van der Waals surface area contributed by atoms with Crippen molar-refractivity contribution >= 4 is 11.7 Å². The number of aromatic nitrogens is 3. The van der Waals surface area contributed by atoms with E-state index in [0.29, 0.717) is 5.82 Å². The number of carbonyl (C=O) groups excluding carboxylic acids is 1. The second-order valence-corrected chi connectivity index (χ2v) is 5.41. The van der Waals surface area contributed by atoms with E-state index in [1.807, 2.05) is 43.6 Å². The number of nitrogens with one attached hydrogen (secondary N) is 1. The molecule has 0 atom stereocenters. The first kappa shape index (κ1) is 15.7. The summed E-state index contributed by atoms with van der Waals surface area (Å²) >= 11 is 0. The number of pyridine rings is 1. The molecule has 0 saturated carbocycles. The molecule has 1 N–H and O–H groups in total. The zero-order valence-corrected chi connectivity index (χ0v) is 13.6. The number of anilines is 1. The second kappa shape index (κ2) is 6.95. The summed E-state index contributed by atoms with van der Waals surface area (Å²) in [5.74, 6) is 1.14. The molecule has 0 fully saturated rings. The molecular weight excluding hydrogens is 304 g/mol. The summed E-state index contributed by atoms with van der Waals surface area (Å²) in [6, 6.07) is 11.1. The van der Waals surface area contributed by atoms with Crippen molar-refractivity contribution in [2.75, 3.05) is 12.4 Å². The number of carbonyl (C=O) groups is 1. The Morgan fingerprint density at radius 1 is 1.21 bits per heavy atom. The fraction of sp³-hybridized carbons (Fsp3) is 0.167. The molecule has 0 unspecified atom stereocenters. The molecule has 0 aliphatic carbocycles. The van der Waals surface area contributed by atoms with Crippen LogP contribution in [0.25, 0.3) is 11.1 Å². The van der Waals surface area contributed by atoms with E-state index in [2.05, 4.69) is 15.4 Å². The van der Waals surface area contributed by atoms with Crippen LogP contribution in [0.4, 0.5) is 5.82 Å². The van der Waals surface area contributed by atoms with Crippen LogP contribution >= 0.6 is 0 Å². The van der Waals surface area contributed by atoms with Crippen LogP contribution in [0.1, 0.15) is 5.56 Å². The van der Waals surface area contributed by atoms with Crippen molar-refractivity contribution in [3.05, 3.63) is 60.6 Å². The van der Waals surface area contributed by atoms with Crippen molar-refractivity contribution in [1.29, 1.82) is 0 Å². The smallest absolute Gasteiger partial charge is 0.229 e. The van der Waals surface area contributed by atoms with Gasteiger partial charge in [0, 0.05) is 30.6 Å². The van der Waals surface area contributed by atoms with Crippen LogP contribution in [-0.2, 0) is 18.3 Å². The maximum Gasteiger partial charge on any atom is 0.229 e. The first-order chi connectivity index (χ1) is 11.6. The predicted molar refractivity (Wildman–Crippen MR) is 91.8 cm³/mol. The molecule has 3 rings (SSSR count). The van der Waals surface area contributed by atoms with Crippen LogP contribution in [0.3, 0.4) is 0 Å². The summed E-state index contributed by atoms with van der Waals surface area (Å²) < 4.78 is 6.90. The molecule has 0 bridgehead atoms. The molecule has 0 saturated heterocycles. The van der Waals surface area contributed by atoms with Gasteiger partial charge in [-0.25, -0.2) is 4.98 Å². The Kier molecular flexibility index (Phi) is 4.56. The number of hydrogen-bond acceptors (Lipinski definition) is 4. The number of aryl methyl sites for hydroxylation is 1. The van der Waals surface area contributed by atoms with Gasteiger partial charge in [0.1, 0.15) is 11.6 Å². The number of methoxy groups -OCH3 is 1. The molecular formula is C18H18N4O2. The Morgan fingerprint density at radius 2 is 2.08 bits per heavy atom. The summed E-state index contributed by atoms with van der Waals surface area (Å²) in [7, 11) is 3.47. The number of nitrogens with zero attached hydrogens (tertiary/aromatic N) is 3. The van der Waals surface area contributed by atoms with E-state index in [9.17, 15) is 4.79 Å². The highest BCUT2D eigenvalue weighted by molar-refractivity contribution is 5.91. The van der Waals surface area contributed by atoms with Crippen molar-refractivity contribution in [3.8, 4) is 16.9 Å². The lowest BCUT2D eigenvalue weighted by Gasteiger charge is -2.06. The highest BCUT2D eigenvalue weighted by atomic mass is 16.5. The third-order valence-electron chi connectivity index (χ3n) is 3.57. The normalized spacial score (nSPS) is 10.4. The second-order valence-electron chi connectivity index (χ2n) is 5.41. The van der Waals surface area contributed by atoms with E-state index in [1.165, 1.54) is 0 Å². The first-order valence-corrected chi connectivity index (χ1v) is 7.52. The van der Waals surface area contributed by atoms with Gasteiger partial charge >= 0.3 is 0 Å². The maximum absolute atomic E-state index is 12.1. The number of amides is 1.